The molecule has 0 saturated carbocycles. The molecule has 0 spiro atoms. The number of halogens is 1. The van der Waals surface area contributed by atoms with Gasteiger partial charge < -0.3 is 10.6 Å². The molecule has 25 heavy (non-hydrogen) atoms. The van der Waals surface area contributed by atoms with Gasteiger partial charge in [0, 0.05) is 18.3 Å². The highest BCUT2D eigenvalue weighted by molar-refractivity contribution is 5.62. The summed E-state index contributed by atoms with van der Waals surface area (Å²) in [6.07, 6.45) is 3.29. The molecule has 1 heterocycles. The minimum Gasteiger partial charge on any atom is -0.370 e. The molecule has 3 rings (SSSR count). The van der Waals surface area contributed by atoms with Gasteiger partial charge >= 0.3 is 0 Å². The molecule has 0 aliphatic rings. The Bertz CT molecular complexity index is 818. The zero-order valence-electron chi connectivity index (χ0n) is 14.2. The number of rotatable bonds is 7. The van der Waals surface area contributed by atoms with Crippen LogP contribution in [0.4, 0.5) is 21.7 Å². The van der Waals surface area contributed by atoms with Crippen LogP contribution in [0.1, 0.15) is 18.1 Å². The second-order valence-electron chi connectivity index (χ2n) is 5.73. The van der Waals surface area contributed by atoms with Crippen molar-refractivity contribution < 1.29 is 4.39 Å². The predicted octanol–water partition coefficient (Wildman–Crippen LogP) is 4.58. The number of benzene rings is 2. The number of para-hydroxylation sites is 1. The van der Waals surface area contributed by atoms with Crippen molar-refractivity contribution in [1.82, 2.24) is 9.97 Å². The number of aryl methyl sites for hydroxylation is 1. The number of nitrogens with one attached hydrogen (secondary N) is 2. The van der Waals surface area contributed by atoms with E-state index in [0.717, 1.165) is 35.7 Å². The van der Waals surface area contributed by atoms with Gasteiger partial charge in [-0.3, -0.25) is 0 Å². The number of hydrogen-bond acceptors (Lipinski definition) is 4. The van der Waals surface area contributed by atoms with E-state index in [4.69, 9.17) is 0 Å². The maximum absolute atomic E-state index is 12.9. The lowest BCUT2D eigenvalue weighted by atomic mass is 10.1. The molecule has 0 bridgehead atoms. The summed E-state index contributed by atoms with van der Waals surface area (Å²) >= 11 is 0. The minimum absolute atomic E-state index is 0.212. The van der Waals surface area contributed by atoms with Gasteiger partial charge in [-0.25, -0.2) is 14.4 Å². The molecule has 0 unspecified atom stereocenters. The van der Waals surface area contributed by atoms with Gasteiger partial charge in [0.05, 0.1) is 0 Å². The number of hydrogen-bond donors (Lipinski definition) is 2. The molecule has 0 saturated heterocycles. The molecule has 0 radical (unpaired) electrons. The summed E-state index contributed by atoms with van der Waals surface area (Å²) in [5.74, 6) is 1.30. The van der Waals surface area contributed by atoms with Crippen molar-refractivity contribution in [3.05, 3.63) is 77.9 Å². The topological polar surface area (TPSA) is 49.8 Å². The second-order valence-corrected chi connectivity index (χ2v) is 5.73. The Kier molecular flexibility index (Phi) is 5.57. The molecular weight excluding hydrogens is 315 g/mol. The first-order valence-corrected chi connectivity index (χ1v) is 8.40. The summed E-state index contributed by atoms with van der Waals surface area (Å²) in [7, 11) is 0. The fourth-order valence-corrected chi connectivity index (χ4v) is 2.60. The highest BCUT2D eigenvalue weighted by Crippen LogP contribution is 2.20. The molecule has 0 atom stereocenters. The van der Waals surface area contributed by atoms with Crippen LogP contribution in [0.15, 0.2) is 60.9 Å². The van der Waals surface area contributed by atoms with Crippen LogP contribution in [0.2, 0.25) is 0 Å². The van der Waals surface area contributed by atoms with Crippen LogP contribution in [-0.2, 0) is 12.8 Å². The van der Waals surface area contributed by atoms with Crippen LogP contribution in [-0.4, -0.2) is 16.5 Å². The molecular formula is C20H21FN4. The van der Waals surface area contributed by atoms with Crippen molar-refractivity contribution in [1.29, 1.82) is 0 Å². The largest absolute Gasteiger partial charge is 0.370 e. The zero-order chi connectivity index (χ0) is 17.5. The Morgan fingerprint density at radius 3 is 2.52 bits per heavy atom. The molecule has 4 nitrogen and oxygen atoms in total. The predicted molar refractivity (Wildman–Crippen MR) is 99.7 cm³/mol. The first-order chi connectivity index (χ1) is 12.2. The summed E-state index contributed by atoms with van der Waals surface area (Å²) in [5, 5.41) is 6.62. The fraction of sp³-hybridized carbons (Fsp3) is 0.200. The molecule has 1 aromatic heterocycles. The van der Waals surface area contributed by atoms with Gasteiger partial charge in [0.2, 0.25) is 0 Å². The van der Waals surface area contributed by atoms with E-state index in [-0.39, 0.29) is 5.82 Å². The van der Waals surface area contributed by atoms with Crippen LogP contribution in [0, 0.1) is 5.82 Å². The van der Waals surface area contributed by atoms with E-state index in [1.54, 1.807) is 12.1 Å². The van der Waals surface area contributed by atoms with E-state index in [9.17, 15) is 4.39 Å². The van der Waals surface area contributed by atoms with Crippen LogP contribution >= 0.6 is 0 Å². The van der Waals surface area contributed by atoms with Gasteiger partial charge in [0.1, 0.15) is 23.8 Å². The molecule has 0 aliphatic heterocycles. The number of anilines is 3. The molecule has 0 amide bonds. The van der Waals surface area contributed by atoms with Gasteiger partial charge in [-0.1, -0.05) is 37.3 Å². The van der Waals surface area contributed by atoms with Gasteiger partial charge in [-0.2, -0.15) is 0 Å². The molecule has 0 fully saturated rings. The van der Waals surface area contributed by atoms with E-state index >= 15 is 0 Å². The Morgan fingerprint density at radius 2 is 1.72 bits per heavy atom. The highest BCUT2D eigenvalue weighted by Gasteiger charge is 2.03. The Labute approximate surface area is 147 Å². The molecule has 2 aromatic carbocycles. The van der Waals surface area contributed by atoms with Gasteiger partial charge in [-0.05, 0) is 42.2 Å². The SMILES string of the molecule is CCc1ccccc1Nc1cc(NCCc2ccc(F)cc2)ncn1. The average molecular weight is 336 g/mol. The van der Waals surface area contributed by atoms with Crippen molar-refractivity contribution >= 4 is 17.3 Å². The standard InChI is InChI=1S/C20H21FN4/c1-2-16-5-3-4-6-18(16)25-20-13-19(23-14-24-20)22-12-11-15-7-9-17(21)10-8-15/h3-10,13-14H,2,11-12H2,1H3,(H2,22,23,24,25). The highest BCUT2D eigenvalue weighted by atomic mass is 19.1. The smallest absolute Gasteiger partial charge is 0.135 e. The van der Waals surface area contributed by atoms with Crippen molar-refractivity contribution in [2.24, 2.45) is 0 Å². The summed E-state index contributed by atoms with van der Waals surface area (Å²) in [6.45, 7) is 2.84. The number of nitrogens with zero attached hydrogens (tertiary/aromatic N) is 2. The third-order valence-electron chi connectivity index (χ3n) is 3.96. The van der Waals surface area contributed by atoms with Crippen molar-refractivity contribution in [3.8, 4) is 0 Å². The quantitative estimate of drug-likeness (QED) is 0.663. The summed E-state index contributed by atoms with van der Waals surface area (Å²) in [5.41, 5.74) is 3.38. The van der Waals surface area contributed by atoms with Crippen LogP contribution in [0.25, 0.3) is 0 Å². The van der Waals surface area contributed by atoms with Gasteiger partial charge in [0.25, 0.3) is 0 Å². The monoisotopic (exact) mass is 336 g/mol. The normalized spacial score (nSPS) is 10.5. The third kappa shape index (κ3) is 4.76. The maximum atomic E-state index is 12.9. The molecule has 3 aromatic rings. The van der Waals surface area contributed by atoms with E-state index < -0.39 is 0 Å². The molecule has 128 valence electrons. The molecule has 0 aliphatic carbocycles. The van der Waals surface area contributed by atoms with Crippen LogP contribution in [0.5, 0.6) is 0 Å². The molecule has 2 N–H and O–H groups in total. The van der Waals surface area contributed by atoms with Crippen LogP contribution in [0.3, 0.4) is 0 Å². The van der Waals surface area contributed by atoms with Crippen molar-refractivity contribution in [2.45, 2.75) is 19.8 Å². The Balaban J connectivity index is 1.60. The van der Waals surface area contributed by atoms with E-state index in [1.165, 1.54) is 24.0 Å². The second kappa shape index (κ2) is 8.24. The van der Waals surface area contributed by atoms with Crippen LogP contribution < -0.4 is 10.6 Å². The van der Waals surface area contributed by atoms with Crippen molar-refractivity contribution in [2.75, 3.05) is 17.2 Å². The van der Waals surface area contributed by atoms with Gasteiger partial charge in [0.15, 0.2) is 0 Å². The third-order valence-corrected chi connectivity index (χ3v) is 3.96. The van der Waals surface area contributed by atoms with E-state index in [1.807, 2.05) is 24.3 Å². The summed E-state index contributed by atoms with van der Waals surface area (Å²) < 4.78 is 12.9. The summed E-state index contributed by atoms with van der Waals surface area (Å²) in [6, 6.07) is 16.6. The molecule has 5 heteroatoms. The number of aromatic nitrogens is 2. The van der Waals surface area contributed by atoms with Gasteiger partial charge in [-0.15, -0.1) is 0 Å². The first-order valence-electron chi connectivity index (χ1n) is 8.40. The Hall–Kier alpha value is -2.95. The lowest BCUT2D eigenvalue weighted by Crippen LogP contribution is -2.07. The minimum atomic E-state index is -0.212. The van der Waals surface area contributed by atoms with E-state index in [2.05, 4.69) is 33.6 Å². The maximum Gasteiger partial charge on any atom is 0.135 e. The van der Waals surface area contributed by atoms with E-state index in [0.29, 0.717) is 6.54 Å². The van der Waals surface area contributed by atoms with Crippen molar-refractivity contribution in [3.63, 3.8) is 0 Å². The lowest BCUT2D eigenvalue weighted by molar-refractivity contribution is 0.627. The Morgan fingerprint density at radius 1 is 0.960 bits per heavy atom. The zero-order valence-corrected chi connectivity index (χ0v) is 14.2. The average Bonchev–Trinajstić information content (AvgIpc) is 2.64. The first kappa shape index (κ1) is 16.9. The summed E-state index contributed by atoms with van der Waals surface area (Å²) in [4.78, 5) is 8.53. The fourth-order valence-electron chi connectivity index (χ4n) is 2.60. The lowest BCUT2D eigenvalue weighted by Gasteiger charge is -2.11.